The molecule has 89 heavy (non-hydrogen) atoms. The second kappa shape index (κ2) is 52.8. The van der Waals surface area contributed by atoms with E-state index in [0.717, 1.165) is 44.9 Å². The summed E-state index contributed by atoms with van der Waals surface area (Å²) in [5, 5.41) is 121. The minimum absolute atomic E-state index is 0.250. The predicted octanol–water partition coefficient (Wildman–Crippen LogP) is 10.1. The summed E-state index contributed by atoms with van der Waals surface area (Å²) < 4.78 is 34.4. The van der Waals surface area contributed by atoms with Crippen molar-refractivity contribution >= 4 is 5.91 Å². The normalized spacial score (nSPS) is 28.2. The van der Waals surface area contributed by atoms with Gasteiger partial charge in [-0.3, -0.25) is 4.79 Å². The number of hydrogen-bond donors (Lipinski definition) is 12. The van der Waals surface area contributed by atoms with Crippen LogP contribution in [-0.2, 0) is 33.2 Å². The first-order chi connectivity index (χ1) is 43.3. The van der Waals surface area contributed by atoms with Crippen LogP contribution in [0.2, 0.25) is 0 Å². The molecule has 0 aromatic carbocycles. The van der Waals surface area contributed by atoms with Gasteiger partial charge in [-0.2, -0.15) is 0 Å². The zero-order valence-electron chi connectivity index (χ0n) is 55.7. The SMILES string of the molecule is CCCCCCCCCCCCCCCCCCCCCCCC/C=C/C(O)C(COC1OC(CO)C(OC2OC(CO)C(OC3OC(CO)C(O)C(O)C3O)C(O)C2O)C(O)C1O)NC(=O)CCCCCCCCCCCCCCCCCCCCCC. The molecule has 3 aliphatic heterocycles. The summed E-state index contributed by atoms with van der Waals surface area (Å²) in [6.45, 7) is 1.78. The first-order valence-electron chi connectivity index (χ1n) is 36.4. The van der Waals surface area contributed by atoms with E-state index >= 15 is 0 Å². The van der Waals surface area contributed by atoms with Crippen LogP contribution in [0.3, 0.4) is 0 Å². The van der Waals surface area contributed by atoms with E-state index in [4.69, 9.17) is 28.4 Å². The van der Waals surface area contributed by atoms with Gasteiger partial charge in [-0.05, 0) is 19.3 Å². The summed E-state index contributed by atoms with van der Waals surface area (Å²) in [6, 6.07) is -0.969. The molecule has 1 amide bonds. The molecular weight excluding hydrogens is 1140 g/mol. The maximum atomic E-state index is 13.4. The Bertz CT molecular complexity index is 1670. The molecular formula is C70H133NO18. The van der Waals surface area contributed by atoms with E-state index in [1.54, 1.807) is 6.08 Å². The molecule has 3 fully saturated rings. The minimum atomic E-state index is -1.98. The number of rotatable bonds is 57. The molecule has 0 spiro atoms. The highest BCUT2D eigenvalue weighted by molar-refractivity contribution is 5.76. The Morgan fingerprint density at radius 1 is 0.393 bits per heavy atom. The molecule has 17 unspecified atom stereocenters. The number of carbonyl (C=O) groups is 1. The summed E-state index contributed by atoms with van der Waals surface area (Å²) in [5.74, 6) is -0.268. The molecule has 19 nitrogen and oxygen atoms in total. The number of allylic oxidation sites excluding steroid dienone is 1. The van der Waals surface area contributed by atoms with Gasteiger partial charge in [0.05, 0.1) is 38.6 Å². The molecule has 0 saturated carbocycles. The maximum Gasteiger partial charge on any atom is 0.220 e. The van der Waals surface area contributed by atoms with Gasteiger partial charge in [0.1, 0.15) is 73.2 Å². The second-order valence-electron chi connectivity index (χ2n) is 26.4. The fraction of sp³-hybridized carbons (Fsp3) is 0.957. The smallest absolute Gasteiger partial charge is 0.220 e. The molecule has 0 radical (unpaired) electrons. The van der Waals surface area contributed by atoms with Gasteiger partial charge in [0.15, 0.2) is 18.9 Å². The molecule has 3 heterocycles. The number of aliphatic hydroxyl groups is 11. The van der Waals surface area contributed by atoms with Crippen molar-refractivity contribution < 1.29 is 89.4 Å². The Hall–Kier alpha value is -1.47. The minimum Gasteiger partial charge on any atom is -0.394 e. The first-order valence-corrected chi connectivity index (χ1v) is 36.4. The predicted molar refractivity (Wildman–Crippen MR) is 347 cm³/mol. The lowest BCUT2D eigenvalue weighted by atomic mass is 9.96. The zero-order chi connectivity index (χ0) is 64.7. The van der Waals surface area contributed by atoms with Crippen molar-refractivity contribution in [2.75, 3.05) is 26.4 Å². The number of carbonyl (C=O) groups excluding carboxylic acids is 1. The van der Waals surface area contributed by atoms with E-state index in [9.17, 15) is 61.0 Å². The van der Waals surface area contributed by atoms with Crippen LogP contribution in [0.5, 0.6) is 0 Å². The second-order valence-corrected chi connectivity index (χ2v) is 26.4. The Labute approximate surface area is 537 Å². The van der Waals surface area contributed by atoms with Crippen LogP contribution >= 0.6 is 0 Å². The third-order valence-corrected chi connectivity index (χ3v) is 18.6. The Kier molecular flexibility index (Phi) is 48.5. The van der Waals surface area contributed by atoms with E-state index in [1.165, 1.54) is 225 Å². The van der Waals surface area contributed by atoms with Crippen LogP contribution in [0.4, 0.5) is 0 Å². The number of aliphatic hydroxyl groups excluding tert-OH is 11. The monoisotopic (exact) mass is 1280 g/mol. The van der Waals surface area contributed by atoms with Gasteiger partial charge < -0.3 is 89.9 Å². The molecule has 526 valence electrons. The molecule has 17 atom stereocenters. The molecule has 0 aliphatic carbocycles. The van der Waals surface area contributed by atoms with E-state index in [2.05, 4.69) is 19.2 Å². The van der Waals surface area contributed by atoms with Gasteiger partial charge >= 0.3 is 0 Å². The van der Waals surface area contributed by atoms with E-state index < -0.39 is 124 Å². The summed E-state index contributed by atoms with van der Waals surface area (Å²) in [6.07, 6.45) is 31.8. The quantitative estimate of drug-likeness (QED) is 0.0199. The van der Waals surface area contributed by atoms with Crippen LogP contribution in [0, 0.1) is 0 Å². The van der Waals surface area contributed by atoms with Gasteiger partial charge in [-0.15, -0.1) is 0 Å². The van der Waals surface area contributed by atoms with Crippen molar-refractivity contribution in [3.05, 3.63) is 12.2 Å². The fourth-order valence-corrected chi connectivity index (χ4v) is 12.7. The fourth-order valence-electron chi connectivity index (χ4n) is 12.7. The molecule has 12 N–H and O–H groups in total. The summed E-state index contributed by atoms with van der Waals surface area (Å²) in [4.78, 5) is 13.4. The zero-order valence-corrected chi connectivity index (χ0v) is 55.7. The Morgan fingerprint density at radius 3 is 1.06 bits per heavy atom. The summed E-state index contributed by atoms with van der Waals surface area (Å²) in [7, 11) is 0. The number of amides is 1. The lowest BCUT2D eigenvalue weighted by Gasteiger charge is -2.48. The largest absolute Gasteiger partial charge is 0.394 e. The van der Waals surface area contributed by atoms with Crippen LogP contribution in [0.1, 0.15) is 296 Å². The molecule has 3 rings (SSSR count). The topological polar surface area (TPSA) is 307 Å². The van der Waals surface area contributed by atoms with Crippen LogP contribution in [-0.4, -0.2) is 193 Å². The Morgan fingerprint density at radius 2 is 0.697 bits per heavy atom. The van der Waals surface area contributed by atoms with Crippen LogP contribution in [0.15, 0.2) is 12.2 Å². The Balaban J connectivity index is 1.43. The average molecular weight is 1280 g/mol. The molecule has 3 saturated heterocycles. The van der Waals surface area contributed by atoms with Crippen LogP contribution < -0.4 is 5.32 Å². The van der Waals surface area contributed by atoms with E-state index in [-0.39, 0.29) is 18.9 Å². The molecule has 0 aromatic rings. The number of hydrogen-bond acceptors (Lipinski definition) is 18. The maximum absolute atomic E-state index is 13.4. The average Bonchev–Trinajstić information content (AvgIpc) is 1.92. The van der Waals surface area contributed by atoms with Gasteiger partial charge in [0.2, 0.25) is 5.91 Å². The number of ether oxygens (including phenoxy) is 6. The summed E-state index contributed by atoms with van der Waals surface area (Å²) >= 11 is 0. The van der Waals surface area contributed by atoms with Gasteiger partial charge in [0, 0.05) is 6.42 Å². The third-order valence-electron chi connectivity index (χ3n) is 18.6. The molecule has 0 aromatic heterocycles. The highest BCUT2D eigenvalue weighted by Gasteiger charge is 2.53. The van der Waals surface area contributed by atoms with E-state index in [0.29, 0.717) is 6.42 Å². The van der Waals surface area contributed by atoms with Crippen molar-refractivity contribution in [3.63, 3.8) is 0 Å². The third kappa shape index (κ3) is 34.7. The molecule has 0 bridgehead atoms. The lowest BCUT2D eigenvalue weighted by molar-refractivity contribution is -0.379. The lowest BCUT2D eigenvalue weighted by Crippen LogP contribution is -2.66. The van der Waals surface area contributed by atoms with Crippen molar-refractivity contribution in [1.82, 2.24) is 5.32 Å². The van der Waals surface area contributed by atoms with Gasteiger partial charge in [0.25, 0.3) is 0 Å². The van der Waals surface area contributed by atoms with Gasteiger partial charge in [-0.1, -0.05) is 283 Å². The van der Waals surface area contributed by atoms with Crippen LogP contribution in [0.25, 0.3) is 0 Å². The standard InChI is InChI=1S/C70H133NO18/c1-3-5-7-9-11-13-15-17-19-21-23-25-26-27-28-29-31-33-35-37-39-41-43-45-47-54(75)53(71-58(76)48-46-44-42-40-38-36-34-32-30-24-22-20-18-16-14-12-10-8-6-4-2)52-84-68-64(82)61(79)66(56(50-73)86-68)89-70-65(83)62(80)67(57(51-74)87-70)88-69-63(81)60(78)59(77)55(49-72)85-69/h45,47,53-57,59-70,72-75,77-83H,3-44,46,48-52H2,1-2H3,(H,71,76)/b47-45+. The highest BCUT2D eigenvalue weighted by atomic mass is 16.8. The van der Waals surface area contributed by atoms with Gasteiger partial charge in [-0.25, -0.2) is 0 Å². The molecule has 3 aliphatic rings. The van der Waals surface area contributed by atoms with Crippen molar-refractivity contribution in [3.8, 4) is 0 Å². The van der Waals surface area contributed by atoms with Crippen molar-refractivity contribution in [2.24, 2.45) is 0 Å². The first kappa shape index (κ1) is 81.8. The molecule has 19 heteroatoms. The number of nitrogens with one attached hydrogen (secondary N) is 1. The summed E-state index contributed by atoms with van der Waals surface area (Å²) in [5.41, 5.74) is 0. The van der Waals surface area contributed by atoms with Crippen molar-refractivity contribution in [1.29, 1.82) is 0 Å². The van der Waals surface area contributed by atoms with E-state index in [1.807, 2.05) is 6.08 Å². The van der Waals surface area contributed by atoms with Crippen molar-refractivity contribution in [2.45, 2.75) is 401 Å². The highest BCUT2D eigenvalue weighted by Crippen LogP contribution is 2.33. The number of unbranched alkanes of at least 4 members (excludes halogenated alkanes) is 41.